The molecule has 2 heterocycles. The largest absolute Gasteiger partial charge is 0.492 e. The molecule has 1 aliphatic rings. The first-order valence-electron chi connectivity index (χ1n) is 9.74. The SMILES string of the molecule is CN=C(NCc1cccnc1N1CCOCC1)N(C)CCOc1ccc(Cl)cc1. The molecule has 0 amide bonds. The number of aromatic nitrogens is 1. The van der Waals surface area contributed by atoms with Crippen LogP contribution in [-0.4, -0.2) is 69.4 Å². The quantitative estimate of drug-likeness (QED) is 0.552. The lowest BCUT2D eigenvalue weighted by Gasteiger charge is -2.30. The van der Waals surface area contributed by atoms with E-state index < -0.39 is 0 Å². The van der Waals surface area contributed by atoms with E-state index in [0.717, 1.165) is 49.4 Å². The Kier molecular flexibility index (Phi) is 7.95. The topological polar surface area (TPSA) is 62.2 Å². The summed E-state index contributed by atoms with van der Waals surface area (Å²) in [5.74, 6) is 2.62. The number of ether oxygens (including phenoxy) is 2. The van der Waals surface area contributed by atoms with Crippen LogP contribution in [0.1, 0.15) is 5.56 Å². The van der Waals surface area contributed by atoms with Crippen molar-refractivity contribution in [2.45, 2.75) is 6.54 Å². The molecule has 0 radical (unpaired) electrons. The summed E-state index contributed by atoms with van der Waals surface area (Å²) in [6.45, 7) is 5.09. The smallest absolute Gasteiger partial charge is 0.193 e. The second-order valence-corrected chi connectivity index (χ2v) is 7.15. The first-order chi connectivity index (χ1) is 14.2. The summed E-state index contributed by atoms with van der Waals surface area (Å²) in [6, 6.07) is 11.4. The van der Waals surface area contributed by atoms with Crippen LogP contribution in [0.4, 0.5) is 5.82 Å². The lowest BCUT2D eigenvalue weighted by atomic mass is 10.2. The predicted octanol–water partition coefficient (Wildman–Crippen LogP) is 2.66. The normalized spacial score (nSPS) is 14.6. The summed E-state index contributed by atoms with van der Waals surface area (Å²) in [7, 11) is 3.78. The van der Waals surface area contributed by atoms with E-state index in [2.05, 4.69) is 26.3 Å². The Morgan fingerprint density at radius 1 is 1.28 bits per heavy atom. The Bertz CT molecular complexity index is 794. The molecule has 1 fully saturated rings. The number of morpholine rings is 1. The zero-order valence-electron chi connectivity index (χ0n) is 17.0. The monoisotopic (exact) mass is 417 g/mol. The Balaban J connectivity index is 1.51. The van der Waals surface area contributed by atoms with E-state index in [1.54, 1.807) is 7.05 Å². The summed E-state index contributed by atoms with van der Waals surface area (Å²) >= 11 is 5.90. The van der Waals surface area contributed by atoms with E-state index in [0.29, 0.717) is 24.7 Å². The number of nitrogens with one attached hydrogen (secondary N) is 1. The van der Waals surface area contributed by atoms with Crippen LogP contribution in [0.2, 0.25) is 5.02 Å². The molecule has 1 aromatic carbocycles. The third kappa shape index (κ3) is 6.24. The summed E-state index contributed by atoms with van der Waals surface area (Å²) < 4.78 is 11.2. The first kappa shape index (κ1) is 21.2. The van der Waals surface area contributed by atoms with E-state index in [1.807, 2.05) is 48.5 Å². The molecule has 156 valence electrons. The molecule has 0 aliphatic carbocycles. The molecule has 1 aromatic heterocycles. The molecular formula is C21H28ClN5O2. The third-order valence-corrected chi connectivity index (χ3v) is 4.95. The van der Waals surface area contributed by atoms with Crippen LogP contribution in [0.25, 0.3) is 0 Å². The molecule has 0 bridgehead atoms. The second kappa shape index (κ2) is 10.9. The van der Waals surface area contributed by atoms with Crippen LogP contribution in [0.15, 0.2) is 47.6 Å². The predicted molar refractivity (Wildman–Crippen MR) is 117 cm³/mol. The van der Waals surface area contributed by atoms with Crippen molar-refractivity contribution < 1.29 is 9.47 Å². The molecule has 2 aromatic rings. The fourth-order valence-electron chi connectivity index (χ4n) is 3.12. The van der Waals surface area contributed by atoms with Gasteiger partial charge in [0.2, 0.25) is 0 Å². The van der Waals surface area contributed by atoms with Gasteiger partial charge in [0.25, 0.3) is 0 Å². The first-order valence-corrected chi connectivity index (χ1v) is 10.1. The zero-order valence-corrected chi connectivity index (χ0v) is 17.7. The van der Waals surface area contributed by atoms with Gasteiger partial charge in [0.1, 0.15) is 18.2 Å². The maximum absolute atomic E-state index is 5.90. The number of aliphatic imine (C=N–C) groups is 1. The van der Waals surface area contributed by atoms with Gasteiger partial charge < -0.3 is 24.6 Å². The van der Waals surface area contributed by atoms with Gasteiger partial charge in [-0.3, -0.25) is 4.99 Å². The van der Waals surface area contributed by atoms with E-state index in [-0.39, 0.29) is 0 Å². The van der Waals surface area contributed by atoms with E-state index in [1.165, 1.54) is 0 Å². The van der Waals surface area contributed by atoms with Crippen LogP contribution in [-0.2, 0) is 11.3 Å². The lowest BCUT2D eigenvalue weighted by Crippen LogP contribution is -2.41. The lowest BCUT2D eigenvalue weighted by molar-refractivity contribution is 0.122. The van der Waals surface area contributed by atoms with Gasteiger partial charge in [-0.15, -0.1) is 0 Å². The highest BCUT2D eigenvalue weighted by Crippen LogP contribution is 2.18. The highest BCUT2D eigenvalue weighted by molar-refractivity contribution is 6.30. The van der Waals surface area contributed by atoms with Gasteiger partial charge in [-0.25, -0.2) is 4.98 Å². The summed E-state index contributed by atoms with van der Waals surface area (Å²) in [5.41, 5.74) is 1.14. The standard InChI is InChI=1S/C21H28ClN5O2/c1-23-21(26(2)10-15-29-19-7-5-18(22)6-8-19)25-16-17-4-3-9-24-20(17)27-11-13-28-14-12-27/h3-9H,10-16H2,1-2H3,(H,23,25). The number of nitrogens with zero attached hydrogens (tertiary/aromatic N) is 4. The van der Waals surface area contributed by atoms with Crippen LogP contribution < -0.4 is 15.0 Å². The summed E-state index contributed by atoms with van der Waals surface area (Å²) in [5, 5.41) is 4.13. The van der Waals surface area contributed by atoms with Crippen molar-refractivity contribution in [1.29, 1.82) is 0 Å². The van der Waals surface area contributed by atoms with Gasteiger partial charge in [0.15, 0.2) is 5.96 Å². The van der Waals surface area contributed by atoms with Crippen molar-refractivity contribution in [3.05, 3.63) is 53.2 Å². The van der Waals surface area contributed by atoms with Crippen LogP contribution in [0.5, 0.6) is 5.75 Å². The molecule has 0 saturated carbocycles. The van der Waals surface area contributed by atoms with Gasteiger partial charge in [0, 0.05) is 50.5 Å². The number of halogens is 1. The van der Waals surface area contributed by atoms with Crippen LogP contribution in [0.3, 0.4) is 0 Å². The van der Waals surface area contributed by atoms with Crippen molar-refractivity contribution in [3.63, 3.8) is 0 Å². The third-order valence-electron chi connectivity index (χ3n) is 4.70. The maximum Gasteiger partial charge on any atom is 0.193 e. The molecule has 0 atom stereocenters. The van der Waals surface area contributed by atoms with Crippen LogP contribution >= 0.6 is 11.6 Å². The molecular weight excluding hydrogens is 390 g/mol. The van der Waals surface area contributed by atoms with E-state index in [4.69, 9.17) is 21.1 Å². The van der Waals surface area contributed by atoms with Gasteiger partial charge in [-0.1, -0.05) is 17.7 Å². The second-order valence-electron chi connectivity index (χ2n) is 6.71. The van der Waals surface area contributed by atoms with Crippen molar-refractivity contribution in [2.24, 2.45) is 4.99 Å². The molecule has 0 spiro atoms. The number of guanidine groups is 1. The van der Waals surface area contributed by atoms with Gasteiger partial charge in [-0.2, -0.15) is 0 Å². The van der Waals surface area contributed by atoms with Gasteiger partial charge >= 0.3 is 0 Å². The molecule has 1 aliphatic heterocycles. The van der Waals surface area contributed by atoms with Gasteiger partial charge in [-0.05, 0) is 30.3 Å². The van der Waals surface area contributed by atoms with Gasteiger partial charge in [0.05, 0.1) is 19.8 Å². The number of rotatable bonds is 7. The highest BCUT2D eigenvalue weighted by atomic mass is 35.5. The fourth-order valence-corrected chi connectivity index (χ4v) is 3.25. The number of hydrogen-bond donors (Lipinski definition) is 1. The number of likely N-dealkylation sites (N-methyl/N-ethyl adjacent to an activating group) is 1. The van der Waals surface area contributed by atoms with Crippen molar-refractivity contribution in [3.8, 4) is 5.75 Å². The van der Waals surface area contributed by atoms with Crippen molar-refractivity contribution in [2.75, 3.05) is 58.5 Å². The highest BCUT2D eigenvalue weighted by Gasteiger charge is 2.16. The van der Waals surface area contributed by atoms with E-state index in [9.17, 15) is 0 Å². The average Bonchev–Trinajstić information content (AvgIpc) is 2.76. The molecule has 8 heteroatoms. The van der Waals surface area contributed by atoms with Crippen molar-refractivity contribution in [1.82, 2.24) is 15.2 Å². The zero-order chi connectivity index (χ0) is 20.5. The molecule has 1 saturated heterocycles. The molecule has 1 N–H and O–H groups in total. The fraction of sp³-hybridized carbons (Fsp3) is 0.429. The molecule has 0 unspecified atom stereocenters. The summed E-state index contributed by atoms with van der Waals surface area (Å²) in [4.78, 5) is 13.3. The summed E-state index contributed by atoms with van der Waals surface area (Å²) in [6.07, 6.45) is 1.84. The molecule has 7 nitrogen and oxygen atoms in total. The number of hydrogen-bond acceptors (Lipinski definition) is 5. The minimum absolute atomic E-state index is 0.546. The Labute approximate surface area is 177 Å². The maximum atomic E-state index is 5.90. The Morgan fingerprint density at radius 2 is 2.03 bits per heavy atom. The number of benzene rings is 1. The molecule has 3 rings (SSSR count). The van der Waals surface area contributed by atoms with E-state index >= 15 is 0 Å². The number of anilines is 1. The van der Waals surface area contributed by atoms with Crippen LogP contribution in [0, 0.1) is 0 Å². The Hall–Kier alpha value is -2.51. The minimum Gasteiger partial charge on any atom is -0.492 e. The molecule has 29 heavy (non-hydrogen) atoms. The average molecular weight is 418 g/mol. The number of pyridine rings is 1. The van der Waals surface area contributed by atoms with Crippen molar-refractivity contribution >= 4 is 23.4 Å². The minimum atomic E-state index is 0.546. The Morgan fingerprint density at radius 3 is 2.76 bits per heavy atom.